The summed E-state index contributed by atoms with van der Waals surface area (Å²) in [5.74, 6) is 0.997. The molecular weight excluding hydrogens is 310 g/mol. The molecule has 18 heavy (non-hydrogen) atoms. The predicted molar refractivity (Wildman–Crippen MR) is 80.3 cm³/mol. The lowest BCUT2D eigenvalue weighted by atomic mass is 10.1. The van der Waals surface area contributed by atoms with Crippen molar-refractivity contribution in [1.29, 1.82) is 0 Å². The van der Waals surface area contributed by atoms with Gasteiger partial charge in [0.15, 0.2) is 0 Å². The lowest BCUT2D eigenvalue weighted by Gasteiger charge is -2.13. The summed E-state index contributed by atoms with van der Waals surface area (Å²) in [6.07, 6.45) is 0. The molecule has 0 fully saturated rings. The van der Waals surface area contributed by atoms with Crippen molar-refractivity contribution in [2.24, 2.45) is 0 Å². The summed E-state index contributed by atoms with van der Waals surface area (Å²) < 4.78 is 7.09. The molecule has 0 saturated heterocycles. The van der Waals surface area contributed by atoms with Crippen LogP contribution in [0.1, 0.15) is 16.0 Å². The van der Waals surface area contributed by atoms with Crippen molar-refractivity contribution in [3.8, 4) is 5.75 Å². The van der Waals surface area contributed by atoms with Crippen molar-refractivity contribution in [3.05, 3.63) is 50.1 Å². The maximum absolute atomic E-state index is 5.97. The van der Waals surface area contributed by atoms with Gasteiger partial charge in [0.25, 0.3) is 0 Å². The monoisotopic (exact) mass is 325 g/mol. The molecule has 0 amide bonds. The van der Waals surface area contributed by atoms with Crippen LogP contribution in [-0.4, -0.2) is 7.05 Å². The van der Waals surface area contributed by atoms with Gasteiger partial charge in [-0.05, 0) is 41.5 Å². The SMILES string of the molecule is CNCc1cccc(C)c1OCc1cc(Br)cs1. The van der Waals surface area contributed by atoms with E-state index in [1.54, 1.807) is 11.3 Å². The molecule has 0 aliphatic carbocycles. The Kier molecular flexibility index (Phi) is 4.80. The highest BCUT2D eigenvalue weighted by atomic mass is 79.9. The van der Waals surface area contributed by atoms with Crippen LogP contribution in [0.5, 0.6) is 5.75 Å². The average Bonchev–Trinajstić information content (AvgIpc) is 2.75. The molecule has 1 aromatic carbocycles. The van der Waals surface area contributed by atoms with Crippen LogP contribution in [0.15, 0.2) is 34.1 Å². The second-order valence-electron chi connectivity index (χ2n) is 4.11. The topological polar surface area (TPSA) is 21.3 Å². The Bertz CT molecular complexity index is 524. The Labute approximate surface area is 120 Å². The first kappa shape index (κ1) is 13.6. The van der Waals surface area contributed by atoms with Gasteiger partial charge in [-0.25, -0.2) is 0 Å². The van der Waals surface area contributed by atoms with Crippen LogP contribution in [0.25, 0.3) is 0 Å². The number of nitrogens with one attached hydrogen (secondary N) is 1. The molecule has 0 aliphatic rings. The Morgan fingerprint density at radius 1 is 1.39 bits per heavy atom. The normalized spacial score (nSPS) is 10.6. The standard InChI is InChI=1S/C14H16BrNOS/c1-10-4-3-5-11(7-16-2)14(10)17-8-13-6-12(15)9-18-13/h3-6,9,16H,7-8H2,1-2H3. The number of rotatable bonds is 5. The summed E-state index contributed by atoms with van der Waals surface area (Å²) in [5.41, 5.74) is 2.38. The van der Waals surface area contributed by atoms with Crippen molar-refractivity contribution in [3.63, 3.8) is 0 Å². The van der Waals surface area contributed by atoms with Gasteiger partial charge in [-0.3, -0.25) is 0 Å². The van der Waals surface area contributed by atoms with E-state index in [1.165, 1.54) is 16.0 Å². The van der Waals surface area contributed by atoms with E-state index < -0.39 is 0 Å². The van der Waals surface area contributed by atoms with Crippen molar-refractivity contribution < 1.29 is 4.74 Å². The minimum absolute atomic E-state index is 0.623. The van der Waals surface area contributed by atoms with Crippen LogP contribution in [-0.2, 0) is 13.2 Å². The zero-order chi connectivity index (χ0) is 13.0. The molecule has 0 spiro atoms. The minimum atomic E-state index is 0.623. The van der Waals surface area contributed by atoms with Gasteiger partial charge in [0.1, 0.15) is 12.4 Å². The molecule has 0 aliphatic heterocycles. The quantitative estimate of drug-likeness (QED) is 0.892. The highest BCUT2D eigenvalue weighted by Gasteiger charge is 2.07. The molecule has 0 saturated carbocycles. The molecule has 4 heteroatoms. The minimum Gasteiger partial charge on any atom is -0.487 e. The van der Waals surface area contributed by atoms with Gasteiger partial charge in [0.05, 0.1) is 0 Å². The van der Waals surface area contributed by atoms with E-state index in [4.69, 9.17) is 4.74 Å². The van der Waals surface area contributed by atoms with Crippen LogP contribution in [0, 0.1) is 6.92 Å². The molecular formula is C14H16BrNOS. The molecule has 0 unspecified atom stereocenters. The number of para-hydroxylation sites is 1. The van der Waals surface area contributed by atoms with Crippen LogP contribution in [0.2, 0.25) is 0 Å². The molecule has 1 aromatic heterocycles. The van der Waals surface area contributed by atoms with Gasteiger partial charge in [0.2, 0.25) is 0 Å². The summed E-state index contributed by atoms with van der Waals surface area (Å²) in [7, 11) is 1.95. The smallest absolute Gasteiger partial charge is 0.127 e. The molecule has 0 bridgehead atoms. The molecule has 2 aromatic rings. The number of ether oxygens (including phenoxy) is 1. The number of aryl methyl sites for hydroxylation is 1. The van der Waals surface area contributed by atoms with Gasteiger partial charge < -0.3 is 10.1 Å². The molecule has 0 atom stereocenters. The first-order chi connectivity index (χ1) is 8.70. The van der Waals surface area contributed by atoms with Crippen molar-refractivity contribution in [2.45, 2.75) is 20.1 Å². The second-order valence-corrected chi connectivity index (χ2v) is 6.02. The maximum atomic E-state index is 5.97. The maximum Gasteiger partial charge on any atom is 0.127 e. The fourth-order valence-corrected chi connectivity index (χ4v) is 3.18. The second kappa shape index (κ2) is 6.36. The lowest BCUT2D eigenvalue weighted by Crippen LogP contribution is -2.08. The van der Waals surface area contributed by atoms with Gasteiger partial charge in [-0.1, -0.05) is 18.2 Å². The van der Waals surface area contributed by atoms with Gasteiger partial charge in [-0.2, -0.15) is 0 Å². The van der Waals surface area contributed by atoms with Gasteiger partial charge in [0, 0.05) is 26.8 Å². The zero-order valence-corrected chi connectivity index (χ0v) is 12.9. The van der Waals surface area contributed by atoms with E-state index in [-0.39, 0.29) is 0 Å². The van der Waals surface area contributed by atoms with Crippen LogP contribution in [0.3, 0.4) is 0 Å². The third kappa shape index (κ3) is 3.34. The van der Waals surface area contributed by atoms with Crippen molar-refractivity contribution in [2.75, 3.05) is 7.05 Å². The number of hydrogen-bond acceptors (Lipinski definition) is 3. The fraction of sp³-hybridized carbons (Fsp3) is 0.286. The number of hydrogen-bond donors (Lipinski definition) is 1. The van der Waals surface area contributed by atoms with E-state index in [2.05, 4.69) is 57.8 Å². The highest BCUT2D eigenvalue weighted by Crippen LogP contribution is 2.26. The Morgan fingerprint density at radius 2 is 2.22 bits per heavy atom. The molecule has 2 nitrogen and oxygen atoms in total. The first-order valence-electron chi connectivity index (χ1n) is 5.79. The predicted octanol–water partition coefficient (Wildman–Crippen LogP) is 4.12. The molecule has 1 N–H and O–H groups in total. The van der Waals surface area contributed by atoms with E-state index in [1.807, 2.05) is 7.05 Å². The number of halogens is 1. The Morgan fingerprint density at radius 3 is 2.89 bits per heavy atom. The van der Waals surface area contributed by atoms with E-state index in [9.17, 15) is 0 Å². The summed E-state index contributed by atoms with van der Waals surface area (Å²) >= 11 is 5.16. The number of thiophene rings is 1. The molecule has 2 rings (SSSR count). The van der Waals surface area contributed by atoms with Crippen molar-refractivity contribution in [1.82, 2.24) is 5.32 Å². The van der Waals surface area contributed by atoms with Crippen LogP contribution >= 0.6 is 27.3 Å². The summed E-state index contributed by atoms with van der Waals surface area (Å²) in [4.78, 5) is 1.22. The number of benzene rings is 1. The Hall–Kier alpha value is -0.840. The summed E-state index contributed by atoms with van der Waals surface area (Å²) in [5, 5.41) is 5.24. The molecule has 0 radical (unpaired) electrons. The van der Waals surface area contributed by atoms with Crippen LogP contribution in [0.4, 0.5) is 0 Å². The highest BCUT2D eigenvalue weighted by molar-refractivity contribution is 9.10. The third-order valence-electron chi connectivity index (χ3n) is 2.64. The largest absolute Gasteiger partial charge is 0.487 e. The van der Waals surface area contributed by atoms with E-state index >= 15 is 0 Å². The lowest BCUT2D eigenvalue weighted by molar-refractivity contribution is 0.303. The third-order valence-corrected chi connectivity index (χ3v) is 4.31. The molecule has 1 heterocycles. The average molecular weight is 326 g/mol. The van der Waals surface area contributed by atoms with Crippen LogP contribution < -0.4 is 10.1 Å². The zero-order valence-electron chi connectivity index (χ0n) is 10.5. The van der Waals surface area contributed by atoms with E-state index in [0.29, 0.717) is 6.61 Å². The summed E-state index contributed by atoms with van der Waals surface area (Å²) in [6.45, 7) is 3.53. The van der Waals surface area contributed by atoms with Gasteiger partial charge in [-0.15, -0.1) is 11.3 Å². The van der Waals surface area contributed by atoms with Gasteiger partial charge >= 0.3 is 0 Å². The van der Waals surface area contributed by atoms with Crippen molar-refractivity contribution >= 4 is 27.3 Å². The Balaban J connectivity index is 2.12. The fourth-order valence-electron chi connectivity index (χ4n) is 1.82. The summed E-state index contributed by atoms with van der Waals surface area (Å²) in [6, 6.07) is 8.35. The van der Waals surface area contributed by atoms with E-state index in [0.717, 1.165) is 16.8 Å². The molecule has 96 valence electrons. The first-order valence-corrected chi connectivity index (χ1v) is 7.46.